The highest BCUT2D eigenvalue weighted by Crippen LogP contribution is 2.38. The number of likely N-dealkylation sites (N-methyl/N-ethyl adjacent to an activating group) is 1. The standard InChI is InChI=1S/C17H23FN2O3S/c1-2-20-16(21)8-4-9-17(20)10-5-11-19(13-17)24(22,23)15-7-3-6-14(18)12-15/h3,6-7,12H,2,4-5,8-11,13H2,1H3. The van der Waals surface area contributed by atoms with E-state index >= 15 is 0 Å². The van der Waals surface area contributed by atoms with Gasteiger partial charge in [0.05, 0.1) is 10.4 Å². The predicted molar refractivity (Wildman–Crippen MR) is 88.4 cm³/mol. The first-order chi connectivity index (χ1) is 11.4. The van der Waals surface area contributed by atoms with Crippen molar-refractivity contribution < 1.29 is 17.6 Å². The fourth-order valence-corrected chi connectivity index (χ4v) is 5.68. The third-order valence-electron chi connectivity index (χ3n) is 5.18. The van der Waals surface area contributed by atoms with Gasteiger partial charge in [-0.05, 0) is 50.8 Å². The Kier molecular flexibility index (Phi) is 4.66. The lowest BCUT2D eigenvalue weighted by Gasteiger charge is -2.51. The zero-order valence-corrected chi connectivity index (χ0v) is 14.7. The summed E-state index contributed by atoms with van der Waals surface area (Å²) in [5, 5.41) is 0. The maximum Gasteiger partial charge on any atom is 0.243 e. The minimum Gasteiger partial charge on any atom is -0.336 e. The zero-order chi connectivity index (χ0) is 17.4. The topological polar surface area (TPSA) is 57.7 Å². The van der Waals surface area contributed by atoms with E-state index in [4.69, 9.17) is 0 Å². The molecule has 1 unspecified atom stereocenters. The van der Waals surface area contributed by atoms with Crippen molar-refractivity contribution in [3.63, 3.8) is 0 Å². The van der Waals surface area contributed by atoms with Gasteiger partial charge in [0.2, 0.25) is 15.9 Å². The van der Waals surface area contributed by atoms with Gasteiger partial charge in [0.25, 0.3) is 0 Å². The van der Waals surface area contributed by atoms with Crippen molar-refractivity contribution in [2.24, 2.45) is 0 Å². The number of piperidine rings is 2. The Morgan fingerprint density at radius 1 is 1.25 bits per heavy atom. The molecule has 2 aliphatic heterocycles. The van der Waals surface area contributed by atoms with E-state index in [1.54, 1.807) is 0 Å². The number of sulfonamides is 1. The van der Waals surface area contributed by atoms with Crippen molar-refractivity contribution in [1.29, 1.82) is 0 Å². The molecule has 7 heteroatoms. The lowest BCUT2D eigenvalue weighted by molar-refractivity contribution is -0.144. The van der Waals surface area contributed by atoms with Crippen molar-refractivity contribution in [2.45, 2.75) is 49.5 Å². The van der Waals surface area contributed by atoms with Crippen LogP contribution in [0.5, 0.6) is 0 Å². The van der Waals surface area contributed by atoms with E-state index in [9.17, 15) is 17.6 Å². The molecule has 1 aromatic rings. The van der Waals surface area contributed by atoms with Gasteiger partial charge in [-0.25, -0.2) is 12.8 Å². The summed E-state index contributed by atoms with van der Waals surface area (Å²) in [6, 6.07) is 5.11. The molecule has 2 heterocycles. The van der Waals surface area contributed by atoms with E-state index in [1.165, 1.54) is 22.5 Å². The van der Waals surface area contributed by atoms with Gasteiger partial charge in [-0.15, -0.1) is 0 Å². The number of amides is 1. The molecule has 2 fully saturated rings. The van der Waals surface area contributed by atoms with Gasteiger partial charge in [0.1, 0.15) is 5.82 Å². The fraction of sp³-hybridized carbons (Fsp3) is 0.588. The number of benzene rings is 1. The number of rotatable bonds is 3. The minimum atomic E-state index is -3.75. The predicted octanol–water partition coefficient (Wildman–Crippen LogP) is 2.38. The van der Waals surface area contributed by atoms with E-state index in [-0.39, 0.29) is 10.8 Å². The van der Waals surface area contributed by atoms with Gasteiger partial charge in [-0.3, -0.25) is 4.79 Å². The van der Waals surface area contributed by atoms with Crippen LogP contribution in [0.4, 0.5) is 4.39 Å². The Balaban J connectivity index is 1.91. The largest absolute Gasteiger partial charge is 0.336 e. The molecule has 0 N–H and O–H groups in total. The molecule has 2 aliphatic rings. The first-order valence-corrected chi connectivity index (χ1v) is 9.89. The van der Waals surface area contributed by atoms with Crippen LogP contribution in [0.3, 0.4) is 0 Å². The van der Waals surface area contributed by atoms with Gasteiger partial charge in [-0.1, -0.05) is 6.07 Å². The van der Waals surface area contributed by atoms with E-state index in [1.807, 2.05) is 11.8 Å². The summed E-state index contributed by atoms with van der Waals surface area (Å²) < 4.78 is 40.7. The fourth-order valence-electron chi connectivity index (χ4n) is 4.09. The Hall–Kier alpha value is -1.47. The second-order valence-electron chi connectivity index (χ2n) is 6.62. The van der Waals surface area contributed by atoms with E-state index in [0.29, 0.717) is 32.5 Å². The second-order valence-corrected chi connectivity index (χ2v) is 8.55. The highest BCUT2D eigenvalue weighted by Gasteiger charge is 2.46. The van der Waals surface area contributed by atoms with Crippen LogP contribution in [0.1, 0.15) is 39.0 Å². The van der Waals surface area contributed by atoms with Crippen LogP contribution in [0.25, 0.3) is 0 Å². The summed E-state index contributed by atoms with van der Waals surface area (Å²) in [5.74, 6) is -0.459. The Labute approximate surface area is 142 Å². The average molecular weight is 354 g/mol. The number of likely N-dealkylation sites (tertiary alicyclic amines) is 1. The monoisotopic (exact) mass is 354 g/mol. The SMILES string of the molecule is CCN1C(=O)CCCC12CCCN(S(=O)(=O)c1cccc(F)c1)C2. The highest BCUT2D eigenvalue weighted by molar-refractivity contribution is 7.89. The van der Waals surface area contributed by atoms with E-state index < -0.39 is 21.4 Å². The lowest BCUT2D eigenvalue weighted by atomic mass is 9.80. The maximum absolute atomic E-state index is 13.4. The molecule has 132 valence electrons. The average Bonchev–Trinajstić information content (AvgIpc) is 2.55. The van der Waals surface area contributed by atoms with Gasteiger partial charge in [0, 0.05) is 26.1 Å². The highest BCUT2D eigenvalue weighted by atomic mass is 32.2. The van der Waals surface area contributed by atoms with Crippen LogP contribution in [0.15, 0.2) is 29.2 Å². The molecule has 1 aromatic carbocycles. The number of hydrogen-bond donors (Lipinski definition) is 0. The van der Waals surface area contributed by atoms with E-state index in [2.05, 4.69) is 0 Å². The molecule has 0 aliphatic carbocycles. The molecule has 0 radical (unpaired) electrons. The third-order valence-corrected chi connectivity index (χ3v) is 7.02. The molecular weight excluding hydrogens is 331 g/mol. The Bertz CT molecular complexity index is 733. The molecular formula is C17H23FN2O3S. The van der Waals surface area contributed by atoms with Gasteiger partial charge in [0.15, 0.2) is 0 Å². The van der Waals surface area contributed by atoms with Crippen molar-refractivity contribution >= 4 is 15.9 Å². The number of carbonyl (C=O) groups excluding carboxylic acids is 1. The first-order valence-electron chi connectivity index (χ1n) is 8.45. The van der Waals surface area contributed by atoms with Gasteiger partial charge < -0.3 is 4.90 Å². The number of hydrogen-bond acceptors (Lipinski definition) is 3. The second kappa shape index (κ2) is 6.44. The van der Waals surface area contributed by atoms with Crippen LogP contribution in [-0.2, 0) is 14.8 Å². The molecule has 0 aromatic heterocycles. The molecule has 24 heavy (non-hydrogen) atoms. The van der Waals surface area contributed by atoms with Gasteiger partial charge >= 0.3 is 0 Å². The molecule has 2 saturated heterocycles. The molecule has 1 spiro atoms. The number of carbonyl (C=O) groups is 1. The summed E-state index contributed by atoms with van der Waals surface area (Å²) in [6.45, 7) is 3.23. The van der Waals surface area contributed by atoms with Crippen LogP contribution in [0.2, 0.25) is 0 Å². The molecule has 1 amide bonds. The summed E-state index contributed by atoms with van der Waals surface area (Å²) in [4.78, 5) is 14.1. The molecule has 1 atom stereocenters. The Morgan fingerprint density at radius 3 is 2.71 bits per heavy atom. The first kappa shape index (κ1) is 17.4. The third kappa shape index (κ3) is 2.95. The zero-order valence-electron chi connectivity index (χ0n) is 13.9. The number of nitrogens with zero attached hydrogens (tertiary/aromatic N) is 2. The van der Waals surface area contributed by atoms with Crippen molar-refractivity contribution in [3.05, 3.63) is 30.1 Å². The summed E-state index contributed by atoms with van der Waals surface area (Å²) in [7, 11) is -3.75. The van der Waals surface area contributed by atoms with Crippen molar-refractivity contribution in [3.8, 4) is 0 Å². The van der Waals surface area contributed by atoms with Crippen molar-refractivity contribution in [1.82, 2.24) is 9.21 Å². The maximum atomic E-state index is 13.4. The molecule has 0 bridgehead atoms. The molecule has 3 rings (SSSR count). The Morgan fingerprint density at radius 2 is 2.00 bits per heavy atom. The van der Waals surface area contributed by atoms with E-state index in [0.717, 1.165) is 25.3 Å². The summed E-state index contributed by atoms with van der Waals surface area (Å²) in [5.41, 5.74) is -0.414. The summed E-state index contributed by atoms with van der Waals surface area (Å²) in [6.07, 6.45) is 3.68. The number of halogens is 1. The lowest BCUT2D eigenvalue weighted by Crippen LogP contribution is -2.62. The summed E-state index contributed by atoms with van der Waals surface area (Å²) >= 11 is 0. The molecule has 5 nitrogen and oxygen atoms in total. The van der Waals surface area contributed by atoms with Crippen molar-refractivity contribution in [2.75, 3.05) is 19.6 Å². The smallest absolute Gasteiger partial charge is 0.243 e. The van der Waals surface area contributed by atoms with Gasteiger partial charge in [-0.2, -0.15) is 4.31 Å². The van der Waals surface area contributed by atoms with Crippen LogP contribution >= 0.6 is 0 Å². The quantitative estimate of drug-likeness (QED) is 0.837. The normalized spacial score (nSPS) is 26.1. The van der Waals surface area contributed by atoms with Crippen LogP contribution in [-0.4, -0.2) is 48.7 Å². The van der Waals surface area contributed by atoms with Crippen LogP contribution in [0, 0.1) is 5.82 Å². The van der Waals surface area contributed by atoms with Crippen LogP contribution < -0.4 is 0 Å². The minimum absolute atomic E-state index is 0.0234. The molecule has 0 saturated carbocycles.